The molecule has 50 heavy (non-hydrogen) atoms. The number of nitrogens with zero attached hydrogens (tertiary/aromatic N) is 4. The van der Waals surface area contributed by atoms with Crippen LogP contribution in [0.2, 0.25) is 5.04 Å². The zero-order valence-electron chi connectivity index (χ0n) is 28.7. The predicted molar refractivity (Wildman–Crippen MR) is 197 cm³/mol. The molecule has 0 saturated carbocycles. The minimum absolute atomic E-state index is 0.0225. The number of carbonyl (C=O) groups excluding carboxylic acids is 2. The molecule has 6 aromatic rings. The maximum absolute atomic E-state index is 13.0. The number of ether oxygens (including phenoxy) is 1. The standard InChI is InChI=1S/C39H41N6O4Si/c1-39(2,3)50(36(28-12-7-5-8-13-28)29-14-9-6-10-15-29)49-31-18-16-27(17-19-31)20-23-45-35-32(24-30(37(40)47)25-33(35)48-4)42-38(45)43-34(46)26-44-22-11-21-41-44/h5-19,21-22,24-25,36H,20,23,26H2,1-4H3,(H2,40,47)(H,42,43,46). The van der Waals surface area contributed by atoms with Crippen LogP contribution in [0.25, 0.3) is 11.0 Å². The zero-order chi connectivity index (χ0) is 35.3. The van der Waals surface area contributed by atoms with Gasteiger partial charge < -0.3 is 19.5 Å². The van der Waals surface area contributed by atoms with Crippen molar-refractivity contribution in [2.45, 2.75) is 50.9 Å². The normalized spacial score (nSPS) is 11.6. The molecule has 255 valence electrons. The molecule has 0 saturated heterocycles. The average Bonchev–Trinajstić information content (AvgIpc) is 3.75. The van der Waals surface area contributed by atoms with Crippen molar-refractivity contribution >= 4 is 37.8 Å². The molecule has 0 aliphatic rings. The number of imidazole rings is 1. The quantitative estimate of drug-likeness (QED) is 0.129. The summed E-state index contributed by atoms with van der Waals surface area (Å²) in [5.74, 6) is 0.711. The minimum atomic E-state index is -1.50. The number of primary amides is 1. The number of fused-ring (bicyclic) bond motifs is 1. The number of anilines is 1. The van der Waals surface area contributed by atoms with Gasteiger partial charge in [0, 0.05) is 30.0 Å². The minimum Gasteiger partial charge on any atom is -0.540 e. The summed E-state index contributed by atoms with van der Waals surface area (Å²) in [5, 5.41) is 6.97. The van der Waals surface area contributed by atoms with Crippen LogP contribution < -0.4 is 20.2 Å². The second kappa shape index (κ2) is 14.8. The molecule has 2 heterocycles. The number of nitrogens with two attached hydrogens (primary N) is 1. The lowest BCUT2D eigenvalue weighted by Crippen LogP contribution is -2.40. The second-order valence-corrected chi connectivity index (χ2v) is 16.1. The molecule has 2 aromatic heterocycles. The van der Waals surface area contributed by atoms with Gasteiger partial charge in [-0.15, -0.1) is 0 Å². The van der Waals surface area contributed by atoms with E-state index in [4.69, 9.17) is 14.9 Å². The summed E-state index contributed by atoms with van der Waals surface area (Å²) < 4.78 is 16.1. The Bertz CT molecular complexity index is 2020. The van der Waals surface area contributed by atoms with Crippen molar-refractivity contribution in [1.29, 1.82) is 0 Å². The van der Waals surface area contributed by atoms with Crippen molar-refractivity contribution < 1.29 is 18.8 Å². The first-order valence-corrected chi connectivity index (χ1v) is 18.0. The summed E-state index contributed by atoms with van der Waals surface area (Å²) >= 11 is 0. The van der Waals surface area contributed by atoms with Gasteiger partial charge in [-0.05, 0) is 58.5 Å². The van der Waals surface area contributed by atoms with Gasteiger partial charge in [0.2, 0.25) is 17.8 Å². The van der Waals surface area contributed by atoms with Crippen LogP contribution in [0.15, 0.2) is 116 Å². The smallest absolute Gasteiger partial charge is 0.298 e. The van der Waals surface area contributed by atoms with E-state index in [9.17, 15) is 9.59 Å². The molecule has 6 rings (SSSR count). The first-order chi connectivity index (χ1) is 24.1. The number of aryl methyl sites for hydroxylation is 2. The number of nitrogens with one attached hydrogen (secondary N) is 1. The summed E-state index contributed by atoms with van der Waals surface area (Å²) in [5.41, 5.74) is 10.7. The Morgan fingerprint density at radius 1 is 0.920 bits per heavy atom. The average molecular weight is 686 g/mol. The number of benzene rings is 4. The van der Waals surface area contributed by atoms with Crippen molar-refractivity contribution in [3.05, 3.63) is 138 Å². The Morgan fingerprint density at radius 2 is 1.58 bits per heavy atom. The highest BCUT2D eigenvalue weighted by Gasteiger charge is 2.40. The van der Waals surface area contributed by atoms with Gasteiger partial charge in [0.1, 0.15) is 23.6 Å². The third kappa shape index (κ3) is 7.79. The zero-order valence-corrected chi connectivity index (χ0v) is 29.7. The summed E-state index contributed by atoms with van der Waals surface area (Å²) in [4.78, 5) is 29.7. The number of methoxy groups -OCH3 is 1. The molecule has 4 aromatic carbocycles. The first kappa shape index (κ1) is 34.2. The van der Waals surface area contributed by atoms with Crippen molar-refractivity contribution in [3.8, 4) is 11.5 Å². The fraction of sp³-hybridized carbons (Fsp3) is 0.231. The van der Waals surface area contributed by atoms with E-state index in [2.05, 4.69) is 96.8 Å². The fourth-order valence-electron chi connectivity index (χ4n) is 6.07. The number of aromatic nitrogens is 4. The van der Waals surface area contributed by atoms with E-state index < -0.39 is 14.9 Å². The van der Waals surface area contributed by atoms with Gasteiger partial charge in [-0.3, -0.25) is 19.6 Å². The molecule has 0 atom stereocenters. The van der Waals surface area contributed by atoms with Gasteiger partial charge in [-0.1, -0.05) is 93.6 Å². The molecule has 0 aliphatic heterocycles. The number of hydrogen-bond donors (Lipinski definition) is 2. The Kier molecular flexibility index (Phi) is 10.1. The second-order valence-electron chi connectivity index (χ2n) is 13.1. The molecule has 0 bridgehead atoms. The maximum Gasteiger partial charge on any atom is 0.298 e. The molecular weight excluding hydrogens is 645 g/mol. The van der Waals surface area contributed by atoms with E-state index in [0.717, 1.165) is 11.3 Å². The van der Waals surface area contributed by atoms with Crippen LogP contribution in [0, 0.1) is 0 Å². The Morgan fingerprint density at radius 3 is 2.14 bits per heavy atom. The van der Waals surface area contributed by atoms with Gasteiger partial charge in [0.05, 0.1) is 12.6 Å². The Balaban J connectivity index is 1.26. The molecule has 0 spiro atoms. The molecule has 1 radical (unpaired) electrons. The predicted octanol–water partition coefficient (Wildman–Crippen LogP) is 6.76. The third-order valence-corrected chi connectivity index (χ3v) is 11.6. The lowest BCUT2D eigenvalue weighted by molar-refractivity contribution is -0.117. The summed E-state index contributed by atoms with van der Waals surface area (Å²) in [6.45, 7) is 7.28. The van der Waals surface area contributed by atoms with Crippen LogP contribution in [0.5, 0.6) is 11.5 Å². The van der Waals surface area contributed by atoms with Crippen molar-refractivity contribution in [2.75, 3.05) is 12.4 Å². The van der Waals surface area contributed by atoms with E-state index in [0.29, 0.717) is 35.7 Å². The monoisotopic (exact) mass is 685 g/mol. The van der Waals surface area contributed by atoms with Crippen molar-refractivity contribution in [3.63, 3.8) is 0 Å². The molecule has 0 unspecified atom stereocenters. The first-order valence-electron chi connectivity index (χ1n) is 16.5. The van der Waals surface area contributed by atoms with Crippen LogP contribution in [0.1, 0.15) is 53.4 Å². The van der Waals surface area contributed by atoms with Crippen molar-refractivity contribution in [1.82, 2.24) is 19.3 Å². The third-order valence-electron chi connectivity index (χ3n) is 8.47. The van der Waals surface area contributed by atoms with Gasteiger partial charge >= 0.3 is 0 Å². The summed E-state index contributed by atoms with van der Waals surface area (Å²) in [6.07, 6.45) is 3.96. The molecule has 10 nitrogen and oxygen atoms in total. The largest absolute Gasteiger partial charge is 0.540 e. The molecule has 3 N–H and O–H groups in total. The van der Waals surface area contributed by atoms with Crippen LogP contribution in [-0.4, -0.2) is 47.3 Å². The van der Waals surface area contributed by atoms with Crippen LogP contribution >= 0.6 is 0 Å². The number of amides is 2. The van der Waals surface area contributed by atoms with Crippen LogP contribution in [-0.2, 0) is 24.3 Å². The lowest BCUT2D eigenvalue weighted by Gasteiger charge is -2.35. The van der Waals surface area contributed by atoms with E-state index in [1.807, 2.05) is 28.8 Å². The van der Waals surface area contributed by atoms with E-state index in [-0.39, 0.29) is 28.6 Å². The van der Waals surface area contributed by atoms with Gasteiger partial charge in [0.15, 0.2) is 0 Å². The highest BCUT2D eigenvalue weighted by atomic mass is 28.3. The molecule has 0 aliphatic carbocycles. The van der Waals surface area contributed by atoms with Gasteiger partial charge in [-0.2, -0.15) is 5.10 Å². The van der Waals surface area contributed by atoms with Gasteiger partial charge in [-0.25, -0.2) is 4.98 Å². The highest BCUT2D eigenvalue weighted by molar-refractivity contribution is 6.58. The number of hydrogen-bond acceptors (Lipinski definition) is 6. The maximum atomic E-state index is 13.0. The molecule has 11 heteroatoms. The van der Waals surface area contributed by atoms with E-state index in [1.165, 1.54) is 22.9 Å². The summed E-state index contributed by atoms with van der Waals surface area (Å²) in [6, 6.07) is 34.4. The fourth-order valence-corrected chi connectivity index (χ4v) is 8.74. The van der Waals surface area contributed by atoms with Crippen LogP contribution in [0.3, 0.4) is 0 Å². The number of carbonyl (C=O) groups is 2. The number of rotatable bonds is 13. The molecule has 2 amide bonds. The highest BCUT2D eigenvalue weighted by Crippen LogP contribution is 2.41. The Labute approximate surface area is 293 Å². The lowest BCUT2D eigenvalue weighted by atomic mass is 10.0. The SMILES string of the molecule is COc1cc(C(N)=O)cc2nc(NC(=O)Cn3cccn3)n(CCc3ccc(O[Si](C(c4ccccc4)c4ccccc4)C(C)(C)C)cc3)c12. The van der Waals surface area contributed by atoms with E-state index in [1.54, 1.807) is 30.6 Å². The van der Waals surface area contributed by atoms with Crippen molar-refractivity contribution in [2.24, 2.45) is 5.73 Å². The molecule has 0 fully saturated rings. The van der Waals surface area contributed by atoms with Gasteiger partial charge in [0.25, 0.3) is 9.04 Å². The van der Waals surface area contributed by atoms with Crippen LogP contribution in [0.4, 0.5) is 5.95 Å². The topological polar surface area (TPSA) is 126 Å². The summed E-state index contributed by atoms with van der Waals surface area (Å²) in [7, 11) is 0.0291. The van der Waals surface area contributed by atoms with E-state index >= 15 is 0 Å². The molecular formula is C39H41N6O4Si. The Hall–Kier alpha value is -5.68.